The number of rotatable bonds is 2. The van der Waals surface area contributed by atoms with E-state index in [1.165, 1.54) is 0 Å². The van der Waals surface area contributed by atoms with Crippen LogP contribution in [-0.2, 0) is 0 Å². The molecule has 0 aromatic carbocycles. The van der Waals surface area contributed by atoms with Crippen LogP contribution in [0.2, 0.25) is 0 Å². The third-order valence-corrected chi connectivity index (χ3v) is 5.09. The number of aromatic nitrogens is 2. The molecule has 6 nitrogen and oxygen atoms in total. The first-order valence-electron chi connectivity index (χ1n) is 7.87. The van der Waals surface area contributed by atoms with E-state index in [2.05, 4.69) is 9.97 Å². The van der Waals surface area contributed by atoms with Crippen LogP contribution in [0.5, 0.6) is 0 Å². The van der Waals surface area contributed by atoms with Gasteiger partial charge in [0.1, 0.15) is 11.1 Å². The van der Waals surface area contributed by atoms with E-state index in [1.807, 2.05) is 19.1 Å². The van der Waals surface area contributed by atoms with Gasteiger partial charge in [-0.25, -0.2) is 0 Å². The monoisotopic (exact) mass is 325 g/mol. The maximum atomic E-state index is 12.8. The molecular weight excluding hydrogens is 304 g/mol. The molecule has 0 radical (unpaired) electrons. The lowest BCUT2D eigenvalue weighted by molar-refractivity contribution is -0.539. The minimum absolute atomic E-state index is 0.112. The van der Waals surface area contributed by atoms with E-state index < -0.39 is 11.1 Å². The summed E-state index contributed by atoms with van der Waals surface area (Å²) < 4.78 is 0.808. The molecule has 0 unspecified atom stereocenters. The number of aryl methyl sites for hydroxylation is 1. The van der Waals surface area contributed by atoms with Crippen molar-refractivity contribution >= 4 is 5.84 Å². The number of pyridine rings is 2. The molecule has 6 heteroatoms. The summed E-state index contributed by atoms with van der Waals surface area (Å²) in [6.07, 6.45) is 3.31. The number of amidine groups is 1. The number of hydroxylamine groups is 3. The molecule has 0 saturated heterocycles. The van der Waals surface area contributed by atoms with Crippen LogP contribution in [-0.4, -0.2) is 36.7 Å². The van der Waals surface area contributed by atoms with Crippen LogP contribution in [0.1, 0.15) is 38.8 Å². The summed E-state index contributed by atoms with van der Waals surface area (Å²) in [5.74, 6) is 0.112. The van der Waals surface area contributed by atoms with Crippen molar-refractivity contribution in [1.29, 1.82) is 0 Å². The topological polar surface area (TPSA) is 78.2 Å². The van der Waals surface area contributed by atoms with Crippen molar-refractivity contribution in [3.05, 3.63) is 58.2 Å². The molecule has 2 aromatic rings. The molecule has 0 amide bonds. The van der Waals surface area contributed by atoms with E-state index in [9.17, 15) is 10.4 Å². The summed E-state index contributed by atoms with van der Waals surface area (Å²) in [4.78, 5) is 8.65. The van der Waals surface area contributed by atoms with Crippen LogP contribution in [0.3, 0.4) is 0 Å². The third-order valence-electron chi connectivity index (χ3n) is 5.09. The summed E-state index contributed by atoms with van der Waals surface area (Å²) in [5.41, 5.74) is 1.28. The molecule has 24 heavy (non-hydrogen) atoms. The Kier molecular flexibility index (Phi) is 3.60. The highest BCUT2D eigenvalue weighted by Gasteiger charge is 2.54. The molecule has 0 atom stereocenters. The molecular formula is C18H21N4O2-. The highest BCUT2D eigenvalue weighted by molar-refractivity contribution is 5.97. The van der Waals surface area contributed by atoms with Gasteiger partial charge in [0.05, 0.1) is 17.0 Å². The van der Waals surface area contributed by atoms with Gasteiger partial charge in [-0.2, -0.15) is 0 Å². The first kappa shape index (κ1) is 16.4. The molecule has 3 heterocycles. The third kappa shape index (κ3) is 2.26. The van der Waals surface area contributed by atoms with E-state index in [-0.39, 0.29) is 5.84 Å². The Morgan fingerprint density at radius 2 is 1.58 bits per heavy atom. The fourth-order valence-electron chi connectivity index (χ4n) is 2.73. The van der Waals surface area contributed by atoms with Crippen LogP contribution in [0, 0.1) is 17.3 Å². The zero-order valence-electron chi connectivity index (χ0n) is 14.6. The largest absolute Gasteiger partial charge is 0.715 e. The van der Waals surface area contributed by atoms with Crippen molar-refractivity contribution in [2.75, 3.05) is 0 Å². The molecule has 0 saturated carbocycles. The number of hydrogen-bond donors (Lipinski definition) is 0. The standard InChI is InChI=1S/C18H21N4O2/c1-12-6-8-19-14(10-12)15-11-13(7-9-20-15)16-21(23)17(2,3)18(4,5)22(16)24/h6-11H,1-5H3/q-1. The van der Waals surface area contributed by atoms with E-state index in [1.54, 1.807) is 52.2 Å². The van der Waals surface area contributed by atoms with Gasteiger partial charge in [0, 0.05) is 12.4 Å². The van der Waals surface area contributed by atoms with E-state index in [4.69, 9.17) is 0 Å². The Bertz CT molecular complexity index is 827. The average Bonchev–Trinajstić information content (AvgIpc) is 2.65. The lowest BCUT2D eigenvalue weighted by Gasteiger charge is -2.39. The smallest absolute Gasteiger partial charge is 0.279 e. The van der Waals surface area contributed by atoms with Gasteiger partial charge >= 0.3 is 0 Å². The second kappa shape index (κ2) is 5.27. The molecule has 2 aromatic heterocycles. The summed E-state index contributed by atoms with van der Waals surface area (Å²) in [7, 11) is 0. The van der Waals surface area contributed by atoms with Crippen LogP contribution < -0.4 is 0 Å². The van der Waals surface area contributed by atoms with Gasteiger partial charge in [0.25, 0.3) is 5.84 Å². The lowest BCUT2D eigenvalue weighted by Crippen LogP contribution is -2.52. The van der Waals surface area contributed by atoms with E-state index in [0.717, 1.165) is 15.4 Å². The first-order valence-corrected chi connectivity index (χ1v) is 7.87. The second-order valence-electron chi connectivity index (χ2n) is 7.18. The quantitative estimate of drug-likeness (QED) is 0.626. The summed E-state index contributed by atoms with van der Waals surface area (Å²) in [6.45, 7) is 9.10. The Morgan fingerprint density at radius 3 is 2.12 bits per heavy atom. The molecule has 0 bridgehead atoms. The maximum absolute atomic E-state index is 12.8. The Labute approximate surface area is 141 Å². The first-order chi connectivity index (χ1) is 11.2. The van der Waals surface area contributed by atoms with Gasteiger partial charge in [-0.1, -0.05) is 0 Å². The maximum Gasteiger partial charge on any atom is 0.279 e. The summed E-state index contributed by atoms with van der Waals surface area (Å²) in [6, 6.07) is 7.25. The fraction of sp³-hybridized carbons (Fsp3) is 0.389. The second-order valence-corrected chi connectivity index (χ2v) is 7.18. The molecule has 0 N–H and O–H groups in total. The molecule has 3 rings (SSSR count). The molecule has 1 aliphatic heterocycles. The normalized spacial score (nSPS) is 19.0. The summed E-state index contributed by atoms with van der Waals surface area (Å²) in [5, 5.41) is 26.3. The average molecular weight is 325 g/mol. The zero-order valence-corrected chi connectivity index (χ0v) is 14.6. The predicted octanol–water partition coefficient (Wildman–Crippen LogP) is 3.08. The Morgan fingerprint density at radius 1 is 1.00 bits per heavy atom. The number of hydrogen-bond acceptors (Lipinski definition) is 5. The predicted molar refractivity (Wildman–Crippen MR) is 93.3 cm³/mol. The summed E-state index contributed by atoms with van der Waals surface area (Å²) >= 11 is 0. The van der Waals surface area contributed by atoms with Crippen molar-refractivity contribution in [1.82, 2.24) is 15.0 Å². The highest BCUT2D eigenvalue weighted by Crippen LogP contribution is 2.37. The molecule has 0 spiro atoms. The highest BCUT2D eigenvalue weighted by atomic mass is 16.5. The van der Waals surface area contributed by atoms with E-state index in [0.29, 0.717) is 17.0 Å². The molecule has 0 fully saturated rings. The van der Waals surface area contributed by atoms with Crippen molar-refractivity contribution in [3.63, 3.8) is 0 Å². The minimum atomic E-state index is -0.838. The van der Waals surface area contributed by atoms with Crippen molar-refractivity contribution in [2.24, 2.45) is 0 Å². The van der Waals surface area contributed by atoms with Crippen molar-refractivity contribution in [3.8, 4) is 11.4 Å². The van der Waals surface area contributed by atoms with Gasteiger partial charge in [0.2, 0.25) is 0 Å². The molecule has 0 aliphatic carbocycles. The Balaban J connectivity index is 2.12. The Hall–Kier alpha value is -2.47. The van der Waals surface area contributed by atoms with Gasteiger partial charge in [-0.15, -0.1) is 0 Å². The van der Waals surface area contributed by atoms with Crippen LogP contribution in [0.15, 0.2) is 36.7 Å². The SMILES string of the molecule is Cc1ccnc(-c2cc(C3=[N+]([O-])C(C)(C)C(C)(C)N3[O-])ccn2)c1. The van der Waals surface area contributed by atoms with Crippen LogP contribution in [0.25, 0.3) is 11.4 Å². The van der Waals surface area contributed by atoms with Crippen LogP contribution in [0.4, 0.5) is 0 Å². The van der Waals surface area contributed by atoms with Crippen molar-refractivity contribution in [2.45, 2.75) is 45.7 Å². The van der Waals surface area contributed by atoms with Gasteiger partial charge in [-0.05, 0) is 64.4 Å². The molecule has 126 valence electrons. The van der Waals surface area contributed by atoms with Gasteiger partial charge < -0.3 is 10.4 Å². The zero-order chi connectivity index (χ0) is 17.7. The number of nitrogens with zero attached hydrogens (tertiary/aromatic N) is 4. The van der Waals surface area contributed by atoms with E-state index >= 15 is 0 Å². The molecule has 1 aliphatic rings. The minimum Gasteiger partial charge on any atom is -0.715 e. The van der Waals surface area contributed by atoms with Gasteiger partial charge in [0.15, 0.2) is 0 Å². The van der Waals surface area contributed by atoms with Gasteiger partial charge in [-0.3, -0.25) is 19.8 Å². The lowest BCUT2D eigenvalue weighted by atomic mass is 9.84. The van der Waals surface area contributed by atoms with Crippen LogP contribution >= 0.6 is 0 Å². The van der Waals surface area contributed by atoms with Crippen molar-refractivity contribution < 1.29 is 4.74 Å². The fourth-order valence-corrected chi connectivity index (χ4v) is 2.73.